The van der Waals surface area contributed by atoms with Gasteiger partial charge in [0, 0.05) is 0 Å². The number of hydrogen-bond acceptors (Lipinski definition) is 0. The molecule has 0 aliphatic carbocycles. The number of para-hydroxylation sites is 1. The largest absolute Gasteiger partial charge is 1.00 e. The van der Waals surface area contributed by atoms with Gasteiger partial charge in [-0.15, -0.1) is 0 Å². The molecule has 4 N–H and O–H groups in total. The molecule has 0 bridgehead atoms. The monoisotopic (exact) mass is 287 g/mol. The first-order chi connectivity index (χ1) is 9.25. The number of benzene rings is 2. The van der Waals surface area contributed by atoms with E-state index in [0.717, 1.165) is 25.1 Å². The van der Waals surface area contributed by atoms with Crippen LogP contribution in [0.4, 0.5) is 5.69 Å². The number of guanidine groups is 1. The molecular weight excluding hydrogens is 270 g/mol. The zero-order valence-corrected chi connectivity index (χ0v) is 12.0. The predicted molar refractivity (Wildman–Crippen MR) is 77.3 cm³/mol. The van der Waals surface area contributed by atoms with Gasteiger partial charge in [0.2, 0.25) is 0 Å². The number of rotatable bonds is 0. The van der Waals surface area contributed by atoms with Crippen LogP contribution in [0.15, 0.2) is 48.5 Å². The maximum Gasteiger partial charge on any atom is 0.346 e. The quantitative estimate of drug-likeness (QED) is 0.478. The van der Waals surface area contributed by atoms with E-state index in [1.54, 1.807) is 0 Å². The molecule has 20 heavy (non-hydrogen) atoms. The van der Waals surface area contributed by atoms with Gasteiger partial charge in [-0.05, 0) is 35.6 Å². The summed E-state index contributed by atoms with van der Waals surface area (Å²) in [4.78, 5) is 0. The summed E-state index contributed by atoms with van der Waals surface area (Å²) < 4.78 is 1.99. The molecular formula is C16H18ClN3. The van der Waals surface area contributed by atoms with Crippen LogP contribution in [-0.4, -0.2) is 10.5 Å². The molecule has 104 valence electrons. The Hall–Kier alpha value is -2.00. The summed E-state index contributed by atoms with van der Waals surface area (Å²) in [6.45, 7) is 0.732. The van der Waals surface area contributed by atoms with Gasteiger partial charge in [0.15, 0.2) is 0 Å². The van der Waals surface area contributed by atoms with E-state index in [2.05, 4.69) is 42.5 Å². The SMILES string of the molecule is NC(N)=[N+]1Cc2ccccc2CCc2ccccc21.[Cl-]. The zero-order valence-electron chi connectivity index (χ0n) is 11.2. The predicted octanol–water partition coefficient (Wildman–Crippen LogP) is -1.09. The van der Waals surface area contributed by atoms with Crippen molar-refractivity contribution in [1.82, 2.24) is 0 Å². The van der Waals surface area contributed by atoms with Gasteiger partial charge in [0.25, 0.3) is 0 Å². The molecule has 0 spiro atoms. The van der Waals surface area contributed by atoms with Gasteiger partial charge >= 0.3 is 5.96 Å². The number of nitrogens with two attached hydrogens (primary N) is 2. The van der Waals surface area contributed by atoms with Crippen LogP contribution in [0.2, 0.25) is 0 Å². The third-order valence-corrected chi connectivity index (χ3v) is 3.70. The van der Waals surface area contributed by atoms with Gasteiger partial charge in [-0.1, -0.05) is 42.5 Å². The average molecular weight is 288 g/mol. The van der Waals surface area contributed by atoms with Crippen molar-refractivity contribution in [2.75, 3.05) is 0 Å². The minimum Gasteiger partial charge on any atom is -1.00 e. The Morgan fingerprint density at radius 3 is 2.05 bits per heavy atom. The fourth-order valence-electron chi connectivity index (χ4n) is 2.70. The van der Waals surface area contributed by atoms with Crippen molar-refractivity contribution in [3.05, 3.63) is 65.2 Å². The number of hydrogen-bond donors (Lipinski definition) is 2. The van der Waals surface area contributed by atoms with Crippen LogP contribution >= 0.6 is 0 Å². The molecule has 0 amide bonds. The fourth-order valence-corrected chi connectivity index (χ4v) is 2.70. The van der Waals surface area contributed by atoms with Crippen molar-refractivity contribution in [3.8, 4) is 0 Å². The lowest BCUT2D eigenvalue weighted by atomic mass is 9.96. The first-order valence-corrected chi connectivity index (χ1v) is 6.56. The number of fused-ring (bicyclic) bond motifs is 2. The van der Waals surface area contributed by atoms with Crippen molar-refractivity contribution < 1.29 is 17.0 Å². The Kier molecular flexibility index (Phi) is 4.30. The van der Waals surface area contributed by atoms with Crippen LogP contribution in [0.1, 0.15) is 16.7 Å². The lowest BCUT2D eigenvalue weighted by molar-refractivity contribution is -0.461. The second-order valence-electron chi connectivity index (χ2n) is 4.91. The molecule has 3 nitrogen and oxygen atoms in total. The summed E-state index contributed by atoms with van der Waals surface area (Å²) in [5, 5.41) is 0. The van der Waals surface area contributed by atoms with Crippen LogP contribution < -0.4 is 23.9 Å². The van der Waals surface area contributed by atoms with Gasteiger partial charge in [-0.3, -0.25) is 11.5 Å². The summed E-state index contributed by atoms with van der Waals surface area (Å²) in [6, 6.07) is 16.8. The topological polar surface area (TPSA) is 55.0 Å². The minimum absolute atomic E-state index is 0. The van der Waals surface area contributed by atoms with Crippen LogP contribution in [0.25, 0.3) is 0 Å². The molecule has 1 aliphatic rings. The lowest BCUT2D eigenvalue weighted by Gasteiger charge is -2.19. The van der Waals surface area contributed by atoms with E-state index in [9.17, 15) is 0 Å². The number of halogens is 1. The van der Waals surface area contributed by atoms with E-state index in [0.29, 0.717) is 5.96 Å². The maximum absolute atomic E-state index is 5.88. The zero-order chi connectivity index (χ0) is 13.2. The van der Waals surface area contributed by atoms with Crippen LogP contribution in [0.5, 0.6) is 0 Å². The van der Waals surface area contributed by atoms with E-state index >= 15 is 0 Å². The Morgan fingerprint density at radius 1 is 0.800 bits per heavy atom. The minimum atomic E-state index is 0. The maximum atomic E-state index is 5.88. The van der Waals surface area contributed by atoms with Crippen molar-refractivity contribution in [2.24, 2.45) is 11.5 Å². The summed E-state index contributed by atoms with van der Waals surface area (Å²) in [5.74, 6) is 0.351. The molecule has 0 saturated carbocycles. The summed E-state index contributed by atoms with van der Waals surface area (Å²) in [6.07, 6.45) is 2.07. The Labute approximate surface area is 125 Å². The van der Waals surface area contributed by atoms with E-state index in [4.69, 9.17) is 11.5 Å². The Morgan fingerprint density at radius 2 is 1.35 bits per heavy atom. The second-order valence-corrected chi connectivity index (χ2v) is 4.91. The normalized spacial score (nSPS) is 13.3. The van der Waals surface area contributed by atoms with Crippen molar-refractivity contribution >= 4 is 11.6 Å². The summed E-state index contributed by atoms with van der Waals surface area (Å²) >= 11 is 0. The van der Waals surface area contributed by atoms with Crippen molar-refractivity contribution in [2.45, 2.75) is 19.4 Å². The molecule has 1 heterocycles. The van der Waals surface area contributed by atoms with E-state index < -0.39 is 0 Å². The molecule has 1 aliphatic heterocycles. The molecule has 0 radical (unpaired) electrons. The summed E-state index contributed by atoms with van der Waals surface area (Å²) in [7, 11) is 0. The van der Waals surface area contributed by atoms with Crippen LogP contribution in [0, 0.1) is 0 Å². The average Bonchev–Trinajstić information content (AvgIpc) is 2.41. The molecule has 0 aromatic heterocycles. The third kappa shape index (κ3) is 2.63. The molecule has 0 fully saturated rings. The third-order valence-electron chi connectivity index (χ3n) is 3.70. The number of nitrogens with zero attached hydrogens (tertiary/aromatic N) is 1. The Bertz CT molecular complexity index is 646. The number of aryl methyl sites for hydroxylation is 2. The lowest BCUT2D eigenvalue weighted by Crippen LogP contribution is -3.00. The van der Waals surface area contributed by atoms with Gasteiger partial charge < -0.3 is 12.4 Å². The highest BCUT2D eigenvalue weighted by Gasteiger charge is 2.17. The highest BCUT2D eigenvalue weighted by Crippen LogP contribution is 2.26. The fraction of sp³-hybridized carbons (Fsp3) is 0.188. The highest BCUT2D eigenvalue weighted by atomic mass is 35.5. The molecule has 0 unspecified atom stereocenters. The first kappa shape index (κ1) is 14.4. The molecule has 0 saturated heterocycles. The van der Waals surface area contributed by atoms with E-state index in [1.165, 1.54) is 16.7 Å². The van der Waals surface area contributed by atoms with Gasteiger partial charge in [0.05, 0.1) is 6.54 Å². The second kappa shape index (κ2) is 5.97. The smallest absolute Gasteiger partial charge is 0.346 e. The standard InChI is InChI=1S/C16H17N3.ClH/c17-16(18)19-11-14-7-2-1-5-12(14)9-10-13-6-3-4-8-15(13)19;/h1-8H,9-11H2,(H3,17,18);1H. The first-order valence-electron chi connectivity index (χ1n) is 6.56. The molecule has 4 heteroatoms. The van der Waals surface area contributed by atoms with Gasteiger partial charge in [-0.25, -0.2) is 4.58 Å². The molecule has 0 atom stereocenters. The highest BCUT2D eigenvalue weighted by molar-refractivity contribution is 5.72. The Balaban J connectivity index is 0.00000147. The van der Waals surface area contributed by atoms with E-state index in [-0.39, 0.29) is 12.4 Å². The van der Waals surface area contributed by atoms with Crippen LogP contribution in [0.3, 0.4) is 0 Å². The van der Waals surface area contributed by atoms with E-state index in [1.807, 2.05) is 10.6 Å². The molecule has 2 aromatic carbocycles. The van der Waals surface area contributed by atoms with Crippen LogP contribution in [-0.2, 0) is 19.4 Å². The van der Waals surface area contributed by atoms with Gasteiger partial charge in [0.1, 0.15) is 5.69 Å². The molecule has 3 rings (SSSR count). The van der Waals surface area contributed by atoms with Gasteiger partial charge in [-0.2, -0.15) is 0 Å². The van der Waals surface area contributed by atoms with Crippen molar-refractivity contribution in [1.29, 1.82) is 0 Å². The summed E-state index contributed by atoms with van der Waals surface area (Å²) in [5.41, 5.74) is 16.9. The van der Waals surface area contributed by atoms with Crippen molar-refractivity contribution in [3.63, 3.8) is 0 Å². The molecule has 2 aromatic rings.